The molecule has 1 atom stereocenters. The first-order valence-corrected chi connectivity index (χ1v) is 5.92. The van der Waals surface area contributed by atoms with Crippen molar-refractivity contribution >= 4 is 11.4 Å². The molecule has 0 spiro atoms. The van der Waals surface area contributed by atoms with Gasteiger partial charge in [-0.25, -0.2) is 4.39 Å². The number of rotatable bonds is 3. The first-order valence-electron chi connectivity index (χ1n) is 5.92. The van der Waals surface area contributed by atoms with E-state index in [1.807, 2.05) is 0 Å². The Balaban J connectivity index is 2.47. The number of benzene rings is 1. The molecule has 1 aromatic carbocycles. The van der Waals surface area contributed by atoms with Crippen LogP contribution in [-0.4, -0.2) is 42.4 Å². The zero-order chi connectivity index (χ0) is 14.7. The van der Waals surface area contributed by atoms with Crippen molar-refractivity contribution in [2.45, 2.75) is 6.04 Å². The van der Waals surface area contributed by atoms with Crippen LogP contribution in [-0.2, 0) is 4.74 Å². The van der Waals surface area contributed by atoms with E-state index in [9.17, 15) is 19.6 Å². The van der Waals surface area contributed by atoms with Crippen LogP contribution in [0.3, 0.4) is 0 Å². The molecule has 7 nitrogen and oxygen atoms in total. The molecule has 1 aliphatic rings. The molecule has 1 saturated heterocycles. The van der Waals surface area contributed by atoms with Gasteiger partial charge in [0, 0.05) is 12.6 Å². The van der Waals surface area contributed by atoms with Gasteiger partial charge in [-0.2, -0.15) is 5.26 Å². The van der Waals surface area contributed by atoms with Crippen LogP contribution in [0.15, 0.2) is 12.1 Å². The SMILES string of the molecule is N#Cc1c([N+](=O)[O-])ccc(N2CCOC[C@H]2CO)c1F. The third-order valence-electron chi connectivity index (χ3n) is 3.16. The number of hydrogen-bond acceptors (Lipinski definition) is 6. The second-order valence-corrected chi connectivity index (χ2v) is 4.27. The molecular weight excluding hydrogens is 269 g/mol. The van der Waals surface area contributed by atoms with E-state index in [0.717, 1.165) is 6.07 Å². The Labute approximate surface area is 113 Å². The lowest BCUT2D eigenvalue weighted by molar-refractivity contribution is -0.385. The van der Waals surface area contributed by atoms with Crippen LogP contribution in [0.25, 0.3) is 0 Å². The largest absolute Gasteiger partial charge is 0.394 e. The number of aliphatic hydroxyl groups excluding tert-OH is 1. The highest BCUT2D eigenvalue weighted by Gasteiger charge is 2.29. The van der Waals surface area contributed by atoms with Crippen molar-refractivity contribution in [1.82, 2.24) is 0 Å². The van der Waals surface area contributed by atoms with Crippen molar-refractivity contribution in [2.24, 2.45) is 0 Å². The lowest BCUT2D eigenvalue weighted by Gasteiger charge is -2.36. The van der Waals surface area contributed by atoms with Crippen LogP contribution in [0.5, 0.6) is 0 Å². The van der Waals surface area contributed by atoms with Crippen LogP contribution in [0.1, 0.15) is 5.56 Å². The minimum atomic E-state index is -0.943. The number of morpholine rings is 1. The second-order valence-electron chi connectivity index (χ2n) is 4.27. The van der Waals surface area contributed by atoms with Gasteiger partial charge in [0.2, 0.25) is 0 Å². The lowest BCUT2D eigenvalue weighted by atomic mass is 10.1. The molecule has 1 aromatic rings. The number of ether oxygens (including phenoxy) is 1. The molecule has 0 unspecified atom stereocenters. The van der Waals surface area contributed by atoms with Gasteiger partial charge in [-0.05, 0) is 6.07 Å². The van der Waals surface area contributed by atoms with Crippen LogP contribution >= 0.6 is 0 Å². The number of aliphatic hydroxyl groups is 1. The number of nitro benzene ring substituents is 1. The first kappa shape index (κ1) is 14.2. The Bertz CT molecular complexity index is 573. The van der Waals surface area contributed by atoms with Crippen LogP contribution in [0.4, 0.5) is 15.8 Å². The number of halogens is 1. The van der Waals surface area contributed by atoms with Crippen LogP contribution in [0.2, 0.25) is 0 Å². The topological polar surface area (TPSA) is 99.6 Å². The maximum absolute atomic E-state index is 14.3. The highest BCUT2D eigenvalue weighted by atomic mass is 19.1. The lowest BCUT2D eigenvalue weighted by Crippen LogP contribution is -2.48. The Hall–Kier alpha value is -2.24. The maximum atomic E-state index is 14.3. The summed E-state index contributed by atoms with van der Waals surface area (Å²) < 4.78 is 19.5. The molecule has 1 N–H and O–H groups in total. The van der Waals surface area contributed by atoms with Gasteiger partial charge in [0.05, 0.1) is 36.5 Å². The Morgan fingerprint density at radius 1 is 1.65 bits per heavy atom. The summed E-state index contributed by atoms with van der Waals surface area (Å²) >= 11 is 0. The van der Waals surface area contributed by atoms with Crippen LogP contribution < -0.4 is 4.90 Å². The molecule has 2 rings (SSSR count). The van der Waals surface area contributed by atoms with Gasteiger partial charge in [-0.3, -0.25) is 10.1 Å². The number of nitro groups is 1. The third kappa shape index (κ3) is 2.41. The molecule has 106 valence electrons. The zero-order valence-corrected chi connectivity index (χ0v) is 10.5. The van der Waals surface area contributed by atoms with Gasteiger partial charge in [0.1, 0.15) is 6.07 Å². The summed E-state index contributed by atoms with van der Waals surface area (Å²) in [6.07, 6.45) is 0. The Kier molecular flexibility index (Phi) is 4.12. The van der Waals surface area contributed by atoms with Crippen LogP contribution in [0, 0.1) is 27.3 Å². The summed E-state index contributed by atoms with van der Waals surface area (Å²) in [7, 11) is 0. The van der Waals surface area contributed by atoms with Crippen molar-refractivity contribution in [3.63, 3.8) is 0 Å². The summed E-state index contributed by atoms with van der Waals surface area (Å²) in [6, 6.07) is 3.43. The normalized spacial score (nSPS) is 18.6. The summed E-state index contributed by atoms with van der Waals surface area (Å²) in [4.78, 5) is 11.5. The van der Waals surface area contributed by atoms with Crippen molar-refractivity contribution in [1.29, 1.82) is 5.26 Å². The summed E-state index contributed by atoms with van der Waals surface area (Å²) in [6.45, 7) is 0.687. The molecule has 1 heterocycles. The Morgan fingerprint density at radius 2 is 2.40 bits per heavy atom. The molecule has 0 saturated carbocycles. The van der Waals surface area contributed by atoms with E-state index < -0.39 is 28.0 Å². The van der Waals surface area contributed by atoms with Gasteiger partial charge >= 0.3 is 0 Å². The van der Waals surface area contributed by atoms with E-state index >= 15 is 0 Å². The standard InChI is InChI=1S/C12H12FN3O4/c13-12-9(5-14)10(16(18)19)1-2-11(12)15-3-4-20-7-8(15)6-17/h1-2,8,17H,3-4,6-7H2/t8-/m1/s1. The van der Waals surface area contributed by atoms with Gasteiger partial charge in [-0.1, -0.05) is 0 Å². The van der Waals surface area contributed by atoms with E-state index in [0.29, 0.717) is 13.2 Å². The monoisotopic (exact) mass is 281 g/mol. The zero-order valence-electron chi connectivity index (χ0n) is 10.5. The molecule has 1 aliphatic heterocycles. The predicted octanol–water partition coefficient (Wildman–Crippen LogP) is 0.803. The number of nitrogens with zero attached hydrogens (tertiary/aromatic N) is 3. The van der Waals surface area contributed by atoms with Gasteiger partial charge in [-0.15, -0.1) is 0 Å². The molecule has 20 heavy (non-hydrogen) atoms. The number of nitriles is 1. The van der Waals surface area contributed by atoms with Gasteiger partial charge in [0.15, 0.2) is 11.4 Å². The fraction of sp³-hybridized carbons (Fsp3) is 0.417. The highest BCUT2D eigenvalue weighted by molar-refractivity contribution is 5.62. The molecule has 1 fully saturated rings. The summed E-state index contributed by atoms with van der Waals surface area (Å²) in [5.41, 5.74) is -1.10. The van der Waals surface area contributed by atoms with Gasteiger partial charge in [0.25, 0.3) is 5.69 Å². The summed E-state index contributed by atoms with van der Waals surface area (Å²) in [5, 5.41) is 28.9. The second kappa shape index (κ2) is 5.81. The smallest absolute Gasteiger partial charge is 0.290 e. The molecule has 0 bridgehead atoms. The predicted molar refractivity (Wildman–Crippen MR) is 66.8 cm³/mol. The van der Waals surface area contributed by atoms with E-state index in [-0.39, 0.29) is 18.9 Å². The molecular formula is C12H12FN3O4. The van der Waals surface area contributed by atoms with E-state index in [2.05, 4.69) is 0 Å². The minimum Gasteiger partial charge on any atom is -0.394 e. The molecule has 0 amide bonds. The fourth-order valence-electron chi connectivity index (χ4n) is 2.16. The maximum Gasteiger partial charge on any atom is 0.290 e. The fourth-order valence-corrected chi connectivity index (χ4v) is 2.16. The average molecular weight is 281 g/mol. The average Bonchev–Trinajstić information content (AvgIpc) is 2.46. The molecule has 8 heteroatoms. The van der Waals surface area contributed by atoms with Crippen molar-refractivity contribution < 1.29 is 19.2 Å². The molecule has 0 radical (unpaired) electrons. The summed E-state index contributed by atoms with van der Waals surface area (Å²) in [5.74, 6) is -0.943. The third-order valence-corrected chi connectivity index (χ3v) is 3.16. The minimum absolute atomic E-state index is 0.0644. The first-order chi connectivity index (χ1) is 9.60. The van der Waals surface area contributed by atoms with Crippen molar-refractivity contribution in [3.8, 4) is 6.07 Å². The molecule has 0 aromatic heterocycles. The number of anilines is 1. The van der Waals surface area contributed by atoms with Crippen molar-refractivity contribution in [3.05, 3.63) is 33.6 Å². The number of hydrogen-bond donors (Lipinski definition) is 1. The van der Waals surface area contributed by atoms with Gasteiger partial charge < -0.3 is 14.7 Å². The quantitative estimate of drug-likeness (QED) is 0.650. The van der Waals surface area contributed by atoms with Crippen molar-refractivity contribution in [2.75, 3.05) is 31.3 Å². The van der Waals surface area contributed by atoms with E-state index in [4.69, 9.17) is 10.00 Å². The van der Waals surface area contributed by atoms with E-state index in [1.54, 1.807) is 4.90 Å². The highest BCUT2D eigenvalue weighted by Crippen LogP contribution is 2.30. The Morgan fingerprint density at radius 3 is 3.00 bits per heavy atom. The van der Waals surface area contributed by atoms with E-state index in [1.165, 1.54) is 12.1 Å². The molecule has 0 aliphatic carbocycles.